The molecule has 1 saturated carbocycles. The predicted molar refractivity (Wildman–Crippen MR) is 83.5 cm³/mol. The van der Waals surface area contributed by atoms with Gasteiger partial charge < -0.3 is 11.1 Å². The van der Waals surface area contributed by atoms with E-state index < -0.39 is 0 Å². The van der Waals surface area contributed by atoms with Gasteiger partial charge in [-0.2, -0.15) is 0 Å². The van der Waals surface area contributed by atoms with Crippen molar-refractivity contribution in [3.63, 3.8) is 0 Å². The SMILES string of the molecule is CC(C)N(CCN=C(N)NC1CCCCC1)C(C)C. The Morgan fingerprint density at radius 3 is 2.26 bits per heavy atom. The normalized spacial score (nSPS) is 18.6. The maximum Gasteiger partial charge on any atom is 0.188 e. The number of guanidine groups is 1. The van der Waals surface area contributed by atoms with Crippen LogP contribution in [-0.4, -0.2) is 42.1 Å². The van der Waals surface area contributed by atoms with E-state index in [1.165, 1.54) is 32.1 Å². The summed E-state index contributed by atoms with van der Waals surface area (Å²) in [6.45, 7) is 10.7. The van der Waals surface area contributed by atoms with E-state index in [1.807, 2.05) is 0 Å². The lowest BCUT2D eigenvalue weighted by Crippen LogP contribution is -2.42. The molecule has 0 radical (unpaired) electrons. The Morgan fingerprint density at radius 1 is 1.16 bits per heavy atom. The summed E-state index contributed by atoms with van der Waals surface area (Å²) in [6, 6.07) is 1.66. The number of hydrogen-bond donors (Lipinski definition) is 2. The summed E-state index contributed by atoms with van der Waals surface area (Å²) in [5.41, 5.74) is 5.96. The largest absolute Gasteiger partial charge is 0.370 e. The van der Waals surface area contributed by atoms with Gasteiger partial charge in [-0.15, -0.1) is 0 Å². The monoisotopic (exact) mass is 268 g/mol. The minimum Gasteiger partial charge on any atom is -0.370 e. The lowest BCUT2D eigenvalue weighted by atomic mass is 9.96. The van der Waals surface area contributed by atoms with Gasteiger partial charge in [-0.05, 0) is 40.5 Å². The van der Waals surface area contributed by atoms with E-state index in [1.54, 1.807) is 0 Å². The zero-order valence-corrected chi connectivity index (χ0v) is 13.2. The smallest absolute Gasteiger partial charge is 0.188 e. The van der Waals surface area contributed by atoms with Crippen molar-refractivity contribution >= 4 is 5.96 Å². The van der Waals surface area contributed by atoms with Crippen LogP contribution in [0.5, 0.6) is 0 Å². The molecule has 0 aromatic rings. The molecular weight excluding hydrogens is 236 g/mol. The summed E-state index contributed by atoms with van der Waals surface area (Å²) < 4.78 is 0. The third-order valence-electron chi connectivity index (χ3n) is 3.92. The van der Waals surface area contributed by atoms with Gasteiger partial charge in [-0.1, -0.05) is 19.3 Å². The molecule has 3 N–H and O–H groups in total. The van der Waals surface area contributed by atoms with Crippen molar-refractivity contribution in [1.29, 1.82) is 0 Å². The molecule has 19 heavy (non-hydrogen) atoms. The number of hydrogen-bond acceptors (Lipinski definition) is 2. The summed E-state index contributed by atoms with van der Waals surface area (Å²) in [6.07, 6.45) is 6.48. The zero-order valence-electron chi connectivity index (χ0n) is 13.2. The summed E-state index contributed by atoms with van der Waals surface area (Å²) in [4.78, 5) is 6.91. The highest BCUT2D eigenvalue weighted by Crippen LogP contribution is 2.16. The van der Waals surface area contributed by atoms with Crippen LogP contribution in [-0.2, 0) is 0 Å². The van der Waals surface area contributed by atoms with Crippen LogP contribution in [0.3, 0.4) is 0 Å². The standard InChI is InChI=1S/C15H32N4/c1-12(2)19(13(3)4)11-10-17-15(16)18-14-8-6-5-7-9-14/h12-14H,5-11H2,1-4H3,(H3,16,17,18). The quantitative estimate of drug-likeness (QED) is 0.574. The minimum atomic E-state index is 0.545. The van der Waals surface area contributed by atoms with Gasteiger partial charge in [0.25, 0.3) is 0 Å². The Labute approximate surface area is 118 Å². The van der Waals surface area contributed by atoms with Crippen LogP contribution in [0.15, 0.2) is 4.99 Å². The van der Waals surface area contributed by atoms with E-state index in [2.05, 4.69) is 42.9 Å². The van der Waals surface area contributed by atoms with E-state index in [0.29, 0.717) is 24.1 Å². The Kier molecular flexibility index (Phi) is 7.21. The third-order valence-corrected chi connectivity index (χ3v) is 3.92. The summed E-state index contributed by atoms with van der Waals surface area (Å²) >= 11 is 0. The second-order valence-electron chi connectivity index (χ2n) is 6.17. The van der Waals surface area contributed by atoms with Crippen LogP contribution in [0, 0.1) is 0 Å². The molecule has 112 valence electrons. The first kappa shape index (κ1) is 16.3. The Hall–Kier alpha value is -0.770. The van der Waals surface area contributed by atoms with Crippen LogP contribution >= 0.6 is 0 Å². The fraction of sp³-hybridized carbons (Fsp3) is 0.933. The summed E-state index contributed by atoms with van der Waals surface area (Å²) in [7, 11) is 0. The van der Waals surface area contributed by atoms with Crippen molar-refractivity contribution in [3.05, 3.63) is 0 Å². The molecule has 4 nitrogen and oxygen atoms in total. The molecule has 1 aliphatic carbocycles. The van der Waals surface area contributed by atoms with Gasteiger partial charge >= 0.3 is 0 Å². The fourth-order valence-corrected chi connectivity index (χ4v) is 2.90. The lowest BCUT2D eigenvalue weighted by molar-refractivity contribution is 0.181. The number of nitrogens with two attached hydrogens (primary N) is 1. The molecule has 0 bridgehead atoms. The first-order chi connectivity index (χ1) is 9.00. The predicted octanol–water partition coefficient (Wildman–Crippen LogP) is 2.34. The molecule has 1 rings (SSSR count). The highest BCUT2D eigenvalue weighted by atomic mass is 15.2. The lowest BCUT2D eigenvalue weighted by Gasteiger charge is -2.29. The topological polar surface area (TPSA) is 53.6 Å². The van der Waals surface area contributed by atoms with E-state index in [0.717, 1.165) is 13.1 Å². The van der Waals surface area contributed by atoms with Gasteiger partial charge in [0.2, 0.25) is 0 Å². The van der Waals surface area contributed by atoms with Crippen LogP contribution in [0.2, 0.25) is 0 Å². The number of nitrogens with zero attached hydrogens (tertiary/aromatic N) is 2. The van der Waals surface area contributed by atoms with E-state index in [9.17, 15) is 0 Å². The number of aliphatic imine (C=N–C) groups is 1. The van der Waals surface area contributed by atoms with Crippen molar-refractivity contribution < 1.29 is 0 Å². The van der Waals surface area contributed by atoms with Gasteiger partial charge in [0.05, 0.1) is 6.54 Å². The van der Waals surface area contributed by atoms with Crippen LogP contribution in [0.1, 0.15) is 59.8 Å². The van der Waals surface area contributed by atoms with E-state index in [-0.39, 0.29) is 0 Å². The van der Waals surface area contributed by atoms with Crippen molar-refractivity contribution in [2.45, 2.75) is 77.9 Å². The number of nitrogens with one attached hydrogen (secondary N) is 1. The Morgan fingerprint density at radius 2 is 1.74 bits per heavy atom. The Balaban J connectivity index is 2.30. The highest BCUT2D eigenvalue weighted by Gasteiger charge is 2.14. The first-order valence-corrected chi connectivity index (χ1v) is 7.83. The van der Waals surface area contributed by atoms with Crippen LogP contribution < -0.4 is 11.1 Å². The number of rotatable bonds is 6. The molecule has 0 heterocycles. The first-order valence-electron chi connectivity index (χ1n) is 7.83. The molecule has 4 heteroatoms. The zero-order chi connectivity index (χ0) is 14.3. The molecule has 1 aliphatic rings. The summed E-state index contributed by atoms with van der Waals surface area (Å²) in [5.74, 6) is 0.624. The molecule has 0 aromatic heterocycles. The van der Waals surface area contributed by atoms with Gasteiger partial charge in [0.15, 0.2) is 5.96 Å². The van der Waals surface area contributed by atoms with Gasteiger partial charge in [-0.3, -0.25) is 9.89 Å². The maximum atomic E-state index is 5.96. The average molecular weight is 268 g/mol. The van der Waals surface area contributed by atoms with Gasteiger partial charge in [-0.25, -0.2) is 0 Å². The van der Waals surface area contributed by atoms with Crippen LogP contribution in [0.25, 0.3) is 0 Å². The van der Waals surface area contributed by atoms with E-state index >= 15 is 0 Å². The second kappa shape index (κ2) is 8.41. The maximum absolute atomic E-state index is 5.96. The van der Waals surface area contributed by atoms with Crippen molar-refractivity contribution in [3.8, 4) is 0 Å². The van der Waals surface area contributed by atoms with E-state index in [4.69, 9.17) is 5.73 Å². The molecular formula is C15H32N4. The third kappa shape index (κ3) is 6.28. The molecule has 1 fully saturated rings. The minimum absolute atomic E-state index is 0.545. The van der Waals surface area contributed by atoms with Crippen molar-refractivity contribution in [2.24, 2.45) is 10.7 Å². The molecule has 0 amide bonds. The molecule has 0 saturated heterocycles. The average Bonchev–Trinajstić information content (AvgIpc) is 2.34. The second-order valence-corrected chi connectivity index (χ2v) is 6.17. The van der Waals surface area contributed by atoms with Gasteiger partial charge in [0.1, 0.15) is 0 Å². The molecule has 0 spiro atoms. The van der Waals surface area contributed by atoms with Gasteiger partial charge in [0, 0.05) is 24.7 Å². The van der Waals surface area contributed by atoms with Crippen LogP contribution in [0.4, 0.5) is 0 Å². The highest BCUT2D eigenvalue weighted by molar-refractivity contribution is 5.78. The fourth-order valence-electron chi connectivity index (χ4n) is 2.90. The Bertz CT molecular complexity index is 259. The molecule has 0 atom stereocenters. The molecule has 0 unspecified atom stereocenters. The van der Waals surface area contributed by atoms with Crippen molar-refractivity contribution in [1.82, 2.24) is 10.2 Å². The molecule has 0 aliphatic heterocycles. The summed E-state index contributed by atoms with van der Waals surface area (Å²) in [5, 5.41) is 3.36. The van der Waals surface area contributed by atoms with Crippen molar-refractivity contribution in [2.75, 3.05) is 13.1 Å². The molecule has 0 aromatic carbocycles.